The Labute approximate surface area is 176 Å². The van der Waals surface area contributed by atoms with Crippen LogP contribution in [0.3, 0.4) is 0 Å². The Morgan fingerprint density at radius 1 is 1.00 bits per heavy atom. The molecule has 1 heterocycles. The van der Waals surface area contributed by atoms with E-state index in [0.29, 0.717) is 37.2 Å². The quantitative estimate of drug-likeness (QED) is 0.566. The molecule has 0 atom stereocenters. The summed E-state index contributed by atoms with van der Waals surface area (Å²) in [6.07, 6.45) is 4.34. The zero-order chi connectivity index (χ0) is 21.2. The molecule has 0 aliphatic heterocycles. The van der Waals surface area contributed by atoms with E-state index in [2.05, 4.69) is 15.6 Å². The number of ether oxygens (including phenoxy) is 1. The van der Waals surface area contributed by atoms with Gasteiger partial charge in [0.2, 0.25) is 5.91 Å². The third kappa shape index (κ3) is 6.17. The highest BCUT2D eigenvalue weighted by Gasteiger charge is 2.09. The lowest BCUT2D eigenvalue weighted by Gasteiger charge is -2.10. The van der Waals surface area contributed by atoms with E-state index in [1.165, 1.54) is 0 Å². The Hall–Kier alpha value is -3.67. The maximum atomic E-state index is 12.3. The van der Waals surface area contributed by atoms with Gasteiger partial charge in [0, 0.05) is 36.6 Å². The van der Waals surface area contributed by atoms with Gasteiger partial charge < -0.3 is 15.4 Å². The smallest absolute Gasteiger partial charge is 0.251 e. The summed E-state index contributed by atoms with van der Waals surface area (Å²) in [4.78, 5) is 28.6. The zero-order valence-corrected chi connectivity index (χ0v) is 16.9. The molecule has 0 aliphatic carbocycles. The van der Waals surface area contributed by atoms with Gasteiger partial charge in [0.15, 0.2) is 0 Å². The van der Waals surface area contributed by atoms with E-state index in [1.807, 2.05) is 43.3 Å². The van der Waals surface area contributed by atoms with Crippen molar-refractivity contribution in [2.75, 3.05) is 11.9 Å². The molecule has 3 rings (SSSR count). The third-order valence-corrected chi connectivity index (χ3v) is 4.50. The molecule has 0 saturated carbocycles. The first-order valence-electron chi connectivity index (χ1n) is 9.93. The molecule has 0 radical (unpaired) electrons. The second kappa shape index (κ2) is 10.8. The van der Waals surface area contributed by atoms with Crippen LogP contribution in [0.2, 0.25) is 0 Å². The van der Waals surface area contributed by atoms with E-state index >= 15 is 0 Å². The Kier molecular flexibility index (Phi) is 7.55. The molecule has 0 saturated heterocycles. The average Bonchev–Trinajstić information content (AvgIpc) is 2.78. The van der Waals surface area contributed by atoms with Gasteiger partial charge in [-0.25, -0.2) is 0 Å². The molecule has 154 valence electrons. The predicted molar refractivity (Wildman–Crippen MR) is 116 cm³/mol. The van der Waals surface area contributed by atoms with Crippen molar-refractivity contribution < 1.29 is 14.3 Å². The molecule has 2 amide bonds. The molecular weight excluding hydrogens is 378 g/mol. The van der Waals surface area contributed by atoms with Crippen LogP contribution in [0.1, 0.15) is 34.8 Å². The molecule has 30 heavy (non-hydrogen) atoms. The van der Waals surface area contributed by atoms with Crippen molar-refractivity contribution in [1.29, 1.82) is 0 Å². The zero-order valence-electron chi connectivity index (χ0n) is 16.9. The number of anilines is 1. The van der Waals surface area contributed by atoms with Crippen molar-refractivity contribution in [3.63, 3.8) is 0 Å². The van der Waals surface area contributed by atoms with Crippen molar-refractivity contribution in [3.05, 3.63) is 89.7 Å². The Morgan fingerprint density at radius 3 is 2.53 bits per heavy atom. The molecule has 6 nitrogen and oxygen atoms in total. The number of carbonyl (C=O) groups is 2. The third-order valence-electron chi connectivity index (χ3n) is 4.50. The van der Waals surface area contributed by atoms with Gasteiger partial charge in [-0.3, -0.25) is 14.6 Å². The lowest BCUT2D eigenvalue weighted by molar-refractivity contribution is -0.116. The SMILES string of the molecule is CCOc1ccccc1CCC(=O)Nc1ccc(C(=O)NCc2cccnc2)cc1. The number of aryl methyl sites for hydroxylation is 1. The minimum atomic E-state index is -0.177. The number of hydrogen-bond acceptors (Lipinski definition) is 4. The predicted octanol–water partition coefficient (Wildman–Crippen LogP) is 3.98. The number of nitrogens with one attached hydrogen (secondary N) is 2. The molecule has 6 heteroatoms. The lowest BCUT2D eigenvalue weighted by atomic mass is 10.1. The van der Waals surface area contributed by atoms with Crippen LogP contribution in [0.4, 0.5) is 5.69 Å². The minimum Gasteiger partial charge on any atom is -0.494 e. The summed E-state index contributed by atoms with van der Waals surface area (Å²) in [5, 5.41) is 5.72. The van der Waals surface area contributed by atoms with Gasteiger partial charge in [-0.1, -0.05) is 24.3 Å². The standard InChI is InChI=1S/C24H25N3O3/c1-2-30-22-8-4-3-7-19(22)11-14-23(28)27-21-12-9-20(10-13-21)24(29)26-17-18-6-5-15-25-16-18/h3-10,12-13,15-16H,2,11,14,17H2,1H3,(H,26,29)(H,27,28). The van der Waals surface area contributed by atoms with Crippen LogP contribution in [-0.2, 0) is 17.8 Å². The number of carbonyl (C=O) groups excluding carboxylic acids is 2. The molecule has 0 unspecified atom stereocenters. The van der Waals surface area contributed by atoms with Gasteiger partial charge in [-0.05, 0) is 60.9 Å². The van der Waals surface area contributed by atoms with Crippen molar-refractivity contribution >= 4 is 17.5 Å². The number of nitrogens with zero attached hydrogens (tertiary/aromatic N) is 1. The van der Waals surface area contributed by atoms with Crippen molar-refractivity contribution in [3.8, 4) is 5.75 Å². The average molecular weight is 403 g/mol. The number of benzene rings is 2. The van der Waals surface area contributed by atoms with Crippen LogP contribution < -0.4 is 15.4 Å². The summed E-state index contributed by atoms with van der Waals surface area (Å²) < 4.78 is 5.60. The fourth-order valence-electron chi connectivity index (χ4n) is 2.97. The van der Waals surface area contributed by atoms with Gasteiger partial charge in [-0.15, -0.1) is 0 Å². The maximum absolute atomic E-state index is 12.3. The van der Waals surface area contributed by atoms with Gasteiger partial charge in [0.05, 0.1) is 6.61 Å². The molecular formula is C24H25N3O3. The number of hydrogen-bond donors (Lipinski definition) is 2. The van der Waals surface area contributed by atoms with E-state index in [4.69, 9.17) is 4.74 Å². The van der Waals surface area contributed by atoms with Gasteiger partial charge in [0.25, 0.3) is 5.91 Å². The number of para-hydroxylation sites is 1. The Bertz CT molecular complexity index is 973. The highest BCUT2D eigenvalue weighted by Crippen LogP contribution is 2.20. The minimum absolute atomic E-state index is 0.0879. The molecule has 0 fully saturated rings. The topological polar surface area (TPSA) is 80.3 Å². The summed E-state index contributed by atoms with van der Waals surface area (Å²) in [7, 11) is 0. The van der Waals surface area contributed by atoms with E-state index in [0.717, 1.165) is 16.9 Å². The number of pyridine rings is 1. The first-order chi connectivity index (χ1) is 14.7. The normalized spacial score (nSPS) is 10.3. The first-order valence-corrected chi connectivity index (χ1v) is 9.93. The highest BCUT2D eigenvalue weighted by molar-refractivity contribution is 5.95. The summed E-state index contributed by atoms with van der Waals surface area (Å²) in [6, 6.07) is 18.3. The molecule has 3 aromatic rings. The molecule has 0 bridgehead atoms. The number of amides is 2. The van der Waals surface area contributed by atoms with E-state index in [9.17, 15) is 9.59 Å². The molecule has 2 N–H and O–H groups in total. The summed E-state index contributed by atoms with van der Waals surface area (Å²) in [5.74, 6) is 0.550. The van der Waals surface area contributed by atoms with E-state index in [-0.39, 0.29) is 11.8 Å². The van der Waals surface area contributed by atoms with E-state index < -0.39 is 0 Å². The molecule has 1 aromatic heterocycles. The highest BCUT2D eigenvalue weighted by atomic mass is 16.5. The molecule has 0 spiro atoms. The van der Waals surface area contributed by atoms with Crippen molar-refractivity contribution in [1.82, 2.24) is 10.3 Å². The van der Waals surface area contributed by atoms with Crippen LogP contribution in [-0.4, -0.2) is 23.4 Å². The van der Waals surface area contributed by atoms with Gasteiger partial charge >= 0.3 is 0 Å². The van der Waals surface area contributed by atoms with Gasteiger partial charge in [-0.2, -0.15) is 0 Å². The van der Waals surface area contributed by atoms with E-state index in [1.54, 1.807) is 36.7 Å². The van der Waals surface area contributed by atoms with Crippen LogP contribution in [0.15, 0.2) is 73.1 Å². The summed E-state index contributed by atoms with van der Waals surface area (Å²) in [5.41, 5.74) is 3.13. The van der Waals surface area contributed by atoms with Crippen LogP contribution >= 0.6 is 0 Å². The van der Waals surface area contributed by atoms with Crippen LogP contribution in [0.25, 0.3) is 0 Å². The monoisotopic (exact) mass is 403 g/mol. The number of rotatable bonds is 9. The Morgan fingerprint density at radius 2 is 1.80 bits per heavy atom. The fraction of sp³-hybridized carbons (Fsp3) is 0.208. The Balaban J connectivity index is 1.49. The van der Waals surface area contributed by atoms with Crippen molar-refractivity contribution in [2.24, 2.45) is 0 Å². The van der Waals surface area contributed by atoms with Gasteiger partial charge in [0.1, 0.15) is 5.75 Å². The second-order valence-electron chi connectivity index (χ2n) is 6.71. The lowest BCUT2D eigenvalue weighted by Crippen LogP contribution is -2.22. The first kappa shape index (κ1) is 21.0. The largest absolute Gasteiger partial charge is 0.494 e. The fourth-order valence-corrected chi connectivity index (χ4v) is 2.97. The number of aromatic nitrogens is 1. The van der Waals surface area contributed by atoms with Crippen LogP contribution in [0, 0.1) is 0 Å². The summed E-state index contributed by atoms with van der Waals surface area (Å²) >= 11 is 0. The second-order valence-corrected chi connectivity index (χ2v) is 6.71. The molecule has 0 aliphatic rings. The summed E-state index contributed by atoms with van der Waals surface area (Å²) in [6.45, 7) is 2.94. The van der Waals surface area contributed by atoms with Crippen LogP contribution in [0.5, 0.6) is 5.75 Å². The van der Waals surface area contributed by atoms with Crippen molar-refractivity contribution in [2.45, 2.75) is 26.3 Å². The maximum Gasteiger partial charge on any atom is 0.251 e. The molecule has 2 aromatic carbocycles.